The van der Waals surface area contributed by atoms with Crippen LogP contribution in [-0.2, 0) is 23.9 Å². The highest BCUT2D eigenvalue weighted by atomic mass is 19.1. The molecular formula is C18H17F2NO7. The molecule has 0 spiro atoms. The molecule has 2 fully saturated rings. The highest BCUT2D eigenvalue weighted by molar-refractivity contribution is 6.17. The lowest BCUT2D eigenvalue weighted by atomic mass is 9.90. The molecule has 2 saturated heterocycles. The molecular weight excluding hydrogens is 380 g/mol. The molecule has 2 aliphatic rings. The maximum atomic E-state index is 13.5. The third-order valence-electron chi connectivity index (χ3n) is 4.68. The number of carboxylic acid groups (broad SMARTS) is 1. The van der Waals surface area contributed by atoms with E-state index in [0.717, 1.165) is 17.0 Å². The molecule has 1 aromatic rings. The Kier molecular flexibility index (Phi) is 4.82. The van der Waals surface area contributed by atoms with E-state index in [9.17, 15) is 33.1 Å². The molecule has 2 unspecified atom stereocenters. The summed E-state index contributed by atoms with van der Waals surface area (Å²) >= 11 is 0. The Morgan fingerprint density at radius 1 is 1.11 bits per heavy atom. The number of esters is 2. The van der Waals surface area contributed by atoms with Gasteiger partial charge in [-0.25, -0.2) is 13.6 Å². The number of Topliss-reactive ketones (excluding diaryl/α,β-unsaturated/α-hetero) is 1. The molecule has 0 saturated carbocycles. The second-order valence-corrected chi connectivity index (χ2v) is 7.16. The lowest BCUT2D eigenvalue weighted by molar-refractivity contribution is -0.238. The van der Waals surface area contributed by atoms with E-state index in [2.05, 4.69) is 0 Å². The quantitative estimate of drug-likeness (QED) is 0.612. The fourth-order valence-corrected chi connectivity index (χ4v) is 3.51. The van der Waals surface area contributed by atoms with E-state index in [0.29, 0.717) is 6.07 Å². The molecule has 2 heterocycles. The van der Waals surface area contributed by atoms with Crippen molar-refractivity contribution in [3.8, 4) is 0 Å². The average molecular weight is 397 g/mol. The van der Waals surface area contributed by atoms with Crippen molar-refractivity contribution in [2.75, 3.05) is 6.54 Å². The van der Waals surface area contributed by atoms with Gasteiger partial charge in [0.25, 0.3) is 5.79 Å². The first-order valence-corrected chi connectivity index (χ1v) is 8.43. The number of benzene rings is 1. The zero-order chi connectivity index (χ0) is 20.8. The van der Waals surface area contributed by atoms with Gasteiger partial charge < -0.3 is 14.6 Å². The van der Waals surface area contributed by atoms with Crippen molar-refractivity contribution in [3.63, 3.8) is 0 Å². The van der Waals surface area contributed by atoms with Gasteiger partial charge in [0.1, 0.15) is 11.6 Å². The molecule has 0 radical (unpaired) electrons. The maximum absolute atomic E-state index is 13.5. The molecule has 150 valence electrons. The van der Waals surface area contributed by atoms with Crippen molar-refractivity contribution in [2.24, 2.45) is 5.92 Å². The molecule has 8 nitrogen and oxygen atoms in total. The van der Waals surface area contributed by atoms with E-state index in [1.807, 2.05) is 0 Å². The second kappa shape index (κ2) is 6.84. The van der Waals surface area contributed by atoms with Crippen LogP contribution in [0, 0.1) is 17.6 Å². The van der Waals surface area contributed by atoms with Crippen molar-refractivity contribution in [2.45, 2.75) is 38.0 Å². The number of nitrogens with zero attached hydrogens (tertiary/aromatic N) is 1. The summed E-state index contributed by atoms with van der Waals surface area (Å²) in [5.41, 5.74) is 0.175. The standard InChI is InChI=1S/C18H17F2NO7/c1-18(2)27-15(23)13(16(24)28-18)14(22)12-5-9(7-21(12)17(25)26)8-3-10(19)6-11(20)4-8/h3-4,6,9,12-13H,5,7H2,1-2H3,(H,25,26). The summed E-state index contributed by atoms with van der Waals surface area (Å²) < 4.78 is 36.8. The second-order valence-electron chi connectivity index (χ2n) is 7.16. The van der Waals surface area contributed by atoms with E-state index in [-0.39, 0.29) is 18.5 Å². The number of ketones is 1. The fourth-order valence-electron chi connectivity index (χ4n) is 3.51. The van der Waals surface area contributed by atoms with E-state index in [1.54, 1.807) is 0 Å². The molecule has 1 aromatic carbocycles. The van der Waals surface area contributed by atoms with Gasteiger partial charge in [-0.1, -0.05) is 0 Å². The molecule has 2 atom stereocenters. The minimum absolute atomic E-state index is 0.144. The summed E-state index contributed by atoms with van der Waals surface area (Å²) in [4.78, 5) is 49.4. The Balaban J connectivity index is 1.87. The Morgan fingerprint density at radius 3 is 2.14 bits per heavy atom. The van der Waals surface area contributed by atoms with Crippen molar-refractivity contribution < 1.29 is 42.5 Å². The van der Waals surface area contributed by atoms with Gasteiger partial charge in [0.2, 0.25) is 5.92 Å². The molecule has 2 aliphatic heterocycles. The third kappa shape index (κ3) is 3.67. The third-order valence-corrected chi connectivity index (χ3v) is 4.68. The lowest BCUT2D eigenvalue weighted by Crippen LogP contribution is -2.53. The molecule has 0 aliphatic carbocycles. The first-order chi connectivity index (χ1) is 13.0. The molecule has 28 heavy (non-hydrogen) atoms. The van der Waals surface area contributed by atoms with Crippen LogP contribution in [0.15, 0.2) is 18.2 Å². The van der Waals surface area contributed by atoms with E-state index in [1.165, 1.54) is 13.8 Å². The van der Waals surface area contributed by atoms with E-state index in [4.69, 9.17) is 9.47 Å². The van der Waals surface area contributed by atoms with Crippen molar-refractivity contribution in [1.29, 1.82) is 0 Å². The summed E-state index contributed by atoms with van der Waals surface area (Å²) in [5.74, 6) is -9.07. The predicted octanol–water partition coefficient (Wildman–Crippen LogP) is 1.82. The van der Waals surface area contributed by atoms with Gasteiger partial charge in [-0.05, 0) is 24.1 Å². The Hall–Kier alpha value is -3.04. The van der Waals surface area contributed by atoms with Crippen LogP contribution in [0.1, 0.15) is 31.7 Å². The Labute approximate surface area is 158 Å². The van der Waals surface area contributed by atoms with Crippen LogP contribution in [0.5, 0.6) is 0 Å². The molecule has 10 heteroatoms. The summed E-state index contributed by atoms with van der Waals surface area (Å²) in [5, 5.41) is 9.41. The number of ether oxygens (including phenoxy) is 2. The molecule has 0 bridgehead atoms. The number of carbonyl (C=O) groups is 4. The van der Waals surface area contributed by atoms with Crippen molar-refractivity contribution >= 4 is 23.8 Å². The van der Waals surface area contributed by atoms with Gasteiger partial charge in [0.05, 0.1) is 6.04 Å². The predicted molar refractivity (Wildman–Crippen MR) is 87.0 cm³/mol. The van der Waals surface area contributed by atoms with Crippen LogP contribution in [0.2, 0.25) is 0 Å². The highest BCUT2D eigenvalue weighted by Crippen LogP contribution is 2.35. The zero-order valence-corrected chi connectivity index (χ0v) is 15.0. The average Bonchev–Trinajstić information content (AvgIpc) is 2.97. The number of carbonyl (C=O) groups excluding carboxylic acids is 3. The number of likely N-dealkylation sites (tertiary alicyclic amines) is 1. The van der Waals surface area contributed by atoms with Crippen LogP contribution < -0.4 is 0 Å². The first-order valence-electron chi connectivity index (χ1n) is 8.43. The monoisotopic (exact) mass is 397 g/mol. The smallest absolute Gasteiger partial charge is 0.407 e. The largest absolute Gasteiger partial charge is 0.465 e. The minimum Gasteiger partial charge on any atom is -0.465 e. The SMILES string of the molecule is CC1(C)OC(=O)C(C(=O)C2CC(c3cc(F)cc(F)c3)CN2C(=O)O)C(=O)O1. The highest BCUT2D eigenvalue weighted by Gasteiger charge is 2.52. The van der Waals surface area contributed by atoms with Crippen LogP contribution >= 0.6 is 0 Å². The van der Waals surface area contributed by atoms with Crippen molar-refractivity contribution in [1.82, 2.24) is 4.90 Å². The van der Waals surface area contributed by atoms with Gasteiger partial charge in [-0.15, -0.1) is 0 Å². The molecule has 1 amide bonds. The number of amides is 1. The van der Waals surface area contributed by atoms with Gasteiger partial charge in [0.15, 0.2) is 5.78 Å². The van der Waals surface area contributed by atoms with Crippen LogP contribution in [0.4, 0.5) is 13.6 Å². The topological polar surface area (TPSA) is 110 Å². The number of halogens is 2. The summed E-state index contributed by atoms with van der Waals surface area (Å²) in [6.45, 7) is 2.41. The number of cyclic esters (lactones) is 2. The molecule has 1 N–H and O–H groups in total. The van der Waals surface area contributed by atoms with E-state index >= 15 is 0 Å². The van der Waals surface area contributed by atoms with Gasteiger partial charge in [0, 0.05) is 32.4 Å². The lowest BCUT2D eigenvalue weighted by Gasteiger charge is -2.33. The van der Waals surface area contributed by atoms with Crippen molar-refractivity contribution in [3.05, 3.63) is 35.4 Å². The number of hydrogen-bond donors (Lipinski definition) is 1. The number of rotatable bonds is 3. The number of hydrogen-bond acceptors (Lipinski definition) is 6. The normalized spacial score (nSPS) is 24.6. The zero-order valence-electron chi connectivity index (χ0n) is 15.0. The Bertz CT molecular complexity index is 829. The summed E-state index contributed by atoms with van der Waals surface area (Å²) in [6.07, 6.45) is -1.61. The fraction of sp³-hybridized carbons (Fsp3) is 0.444. The van der Waals surface area contributed by atoms with E-state index < -0.39 is 59.1 Å². The maximum Gasteiger partial charge on any atom is 0.407 e. The molecule has 0 aromatic heterocycles. The van der Waals surface area contributed by atoms with Gasteiger partial charge in [-0.2, -0.15) is 0 Å². The minimum atomic E-state index is -1.91. The molecule has 3 rings (SSSR count). The Morgan fingerprint density at radius 2 is 1.64 bits per heavy atom. The van der Waals surface area contributed by atoms with Crippen LogP contribution in [-0.4, -0.2) is 52.2 Å². The summed E-state index contributed by atoms with van der Waals surface area (Å²) in [6, 6.07) is 1.41. The van der Waals surface area contributed by atoms with Crippen LogP contribution in [0.3, 0.4) is 0 Å². The first kappa shape index (κ1) is 19.7. The van der Waals surface area contributed by atoms with Crippen LogP contribution in [0.25, 0.3) is 0 Å². The van der Waals surface area contributed by atoms with Gasteiger partial charge in [-0.3, -0.25) is 19.3 Å². The van der Waals surface area contributed by atoms with Gasteiger partial charge >= 0.3 is 18.0 Å². The summed E-state index contributed by atoms with van der Waals surface area (Å²) in [7, 11) is 0.